The van der Waals surface area contributed by atoms with Gasteiger partial charge in [0.05, 0.1) is 6.54 Å². The highest BCUT2D eigenvalue weighted by molar-refractivity contribution is 6.03. The quantitative estimate of drug-likeness (QED) is 0.497. The number of halogens is 2. The van der Waals surface area contributed by atoms with Crippen molar-refractivity contribution < 1.29 is 33.4 Å². The third kappa shape index (κ3) is 4.30. The first-order valence-electron chi connectivity index (χ1n) is 10.8. The average Bonchev–Trinajstić information content (AvgIpc) is 2.81. The Balaban J connectivity index is 1.82. The smallest absolute Gasteiger partial charge is 0.341 e. The van der Waals surface area contributed by atoms with E-state index in [0.717, 1.165) is 38.9 Å². The van der Waals surface area contributed by atoms with Gasteiger partial charge in [-0.05, 0) is 31.0 Å². The summed E-state index contributed by atoms with van der Waals surface area (Å²) in [4.78, 5) is 51.6. The summed E-state index contributed by atoms with van der Waals surface area (Å²) in [7, 11) is 0. The van der Waals surface area contributed by atoms with Crippen LogP contribution in [0.25, 0.3) is 0 Å². The minimum atomic E-state index is -1.62. The lowest BCUT2D eigenvalue weighted by atomic mass is 10.0. The standard InChI is InChI=1S/C25H21F2N3O6/c1-12-4-3-5-13(2)19(12)28-23(33)18-11-29-10-16(25(35)36)21(31)22(32)20(29)24(34)30(18)9-14-6-7-15(26)8-17(14)27/h3-8,10,18,32H,9,11H2,1-2H3,(H,28,33)(H,35,36). The number of carboxylic acids is 1. The number of anilines is 1. The largest absolute Gasteiger partial charge is 0.503 e. The van der Waals surface area contributed by atoms with Crippen LogP contribution in [0.4, 0.5) is 14.5 Å². The number of nitrogens with zero attached hydrogens (tertiary/aromatic N) is 2. The maximum Gasteiger partial charge on any atom is 0.341 e. The van der Waals surface area contributed by atoms with Crippen molar-refractivity contribution in [3.63, 3.8) is 0 Å². The summed E-state index contributed by atoms with van der Waals surface area (Å²) in [5, 5.41) is 22.5. The van der Waals surface area contributed by atoms with E-state index in [2.05, 4.69) is 5.32 Å². The number of carboxylic acid groups (broad SMARTS) is 1. The number of aromatic hydroxyl groups is 1. The lowest BCUT2D eigenvalue weighted by molar-refractivity contribution is -0.121. The van der Waals surface area contributed by atoms with Crippen LogP contribution in [-0.2, 0) is 17.9 Å². The van der Waals surface area contributed by atoms with Gasteiger partial charge in [0.25, 0.3) is 5.91 Å². The SMILES string of the molecule is Cc1cccc(C)c1NC(=O)C1Cn2cc(C(=O)O)c(=O)c(O)c2C(=O)N1Cc1ccc(F)cc1F. The fourth-order valence-corrected chi connectivity index (χ4v) is 4.19. The Hall–Kier alpha value is -4.54. The van der Waals surface area contributed by atoms with Crippen molar-refractivity contribution in [2.45, 2.75) is 33.0 Å². The van der Waals surface area contributed by atoms with Gasteiger partial charge in [0.1, 0.15) is 23.2 Å². The normalized spacial score (nSPS) is 14.9. The highest BCUT2D eigenvalue weighted by Gasteiger charge is 2.40. The number of carbonyl (C=O) groups is 3. The van der Waals surface area contributed by atoms with Gasteiger partial charge in [0.15, 0.2) is 11.4 Å². The van der Waals surface area contributed by atoms with Crippen LogP contribution < -0.4 is 10.7 Å². The molecule has 1 aromatic heterocycles. The number of aryl methyl sites for hydroxylation is 2. The van der Waals surface area contributed by atoms with Crippen molar-refractivity contribution in [2.75, 3.05) is 5.32 Å². The Labute approximate surface area is 203 Å². The van der Waals surface area contributed by atoms with Crippen LogP contribution in [0.15, 0.2) is 47.4 Å². The minimum Gasteiger partial charge on any atom is -0.503 e. The second-order valence-electron chi connectivity index (χ2n) is 8.47. The molecule has 0 bridgehead atoms. The number of amides is 2. The second kappa shape index (κ2) is 9.25. The lowest BCUT2D eigenvalue weighted by Crippen LogP contribution is -2.54. The molecule has 2 aromatic carbocycles. The van der Waals surface area contributed by atoms with Crippen LogP contribution >= 0.6 is 0 Å². The molecular formula is C25H21F2N3O6. The Morgan fingerprint density at radius 3 is 2.39 bits per heavy atom. The van der Waals surface area contributed by atoms with Gasteiger partial charge in [-0.2, -0.15) is 0 Å². The van der Waals surface area contributed by atoms with E-state index >= 15 is 0 Å². The summed E-state index contributed by atoms with van der Waals surface area (Å²) in [6, 6.07) is 6.80. The number of aromatic carboxylic acids is 1. The molecule has 186 valence electrons. The Morgan fingerprint density at radius 2 is 1.78 bits per heavy atom. The van der Waals surface area contributed by atoms with Gasteiger partial charge in [-0.25, -0.2) is 13.6 Å². The van der Waals surface area contributed by atoms with Crippen molar-refractivity contribution in [2.24, 2.45) is 0 Å². The number of pyridine rings is 1. The van der Waals surface area contributed by atoms with Crippen LogP contribution in [0.1, 0.15) is 37.5 Å². The minimum absolute atomic E-state index is 0.105. The van der Waals surface area contributed by atoms with Crippen molar-refractivity contribution in [3.05, 3.63) is 92.4 Å². The molecule has 9 nitrogen and oxygen atoms in total. The number of carbonyl (C=O) groups excluding carboxylic acids is 2. The number of nitrogens with one attached hydrogen (secondary N) is 1. The summed E-state index contributed by atoms with van der Waals surface area (Å²) in [6.07, 6.45) is 0.882. The van der Waals surface area contributed by atoms with Gasteiger partial charge in [0.2, 0.25) is 11.3 Å². The summed E-state index contributed by atoms with van der Waals surface area (Å²) in [6.45, 7) is 2.73. The molecule has 0 fully saturated rings. The number of para-hydroxylation sites is 1. The molecule has 1 unspecified atom stereocenters. The molecule has 11 heteroatoms. The Bertz CT molecular complexity index is 1460. The van der Waals surface area contributed by atoms with Crippen LogP contribution in [0.3, 0.4) is 0 Å². The monoisotopic (exact) mass is 497 g/mol. The molecule has 1 aliphatic rings. The molecule has 2 amide bonds. The van der Waals surface area contributed by atoms with E-state index in [-0.39, 0.29) is 12.1 Å². The van der Waals surface area contributed by atoms with Gasteiger partial charge in [-0.1, -0.05) is 24.3 Å². The first kappa shape index (κ1) is 24.6. The molecule has 1 aliphatic heterocycles. The summed E-state index contributed by atoms with van der Waals surface area (Å²) < 4.78 is 28.9. The number of hydrogen-bond donors (Lipinski definition) is 3. The summed E-state index contributed by atoms with van der Waals surface area (Å²) in [5.41, 5.74) is -0.698. The number of hydrogen-bond acceptors (Lipinski definition) is 5. The number of aromatic nitrogens is 1. The molecule has 3 aromatic rings. The van der Waals surface area contributed by atoms with Crippen LogP contribution in [0, 0.1) is 25.5 Å². The van der Waals surface area contributed by atoms with Gasteiger partial charge in [-0.3, -0.25) is 14.4 Å². The zero-order chi connectivity index (χ0) is 26.3. The van der Waals surface area contributed by atoms with Crippen molar-refractivity contribution in [1.82, 2.24) is 9.47 Å². The Morgan fingerprint density at radius 1 is 1.11 bits per heavy atom. The average molecular weight is 497 g/mol. The van der Waals surface area contributed by atoms with Gasteiger partial charge in [-0.15, -0.1) is 0 Å². The first-order chi connectivity index (χ1) is 17.0. The van der Waals surface area contributed by atoms with E-state index in [9.17, 15) is 38.2 Å². The van der Waals surface area contributed by atoms with Crippen molar-refractivity contribution >= 4 is 23.5 Å². The fourth-order valence-electron chi connectivity index (χ4n) is 4.19. The molecule has 0 aliphatic carbocycles. The molecule has 0 radical (unpaired) electrons. The topological polar surface area (TPSA) is 129 Å². The van der Waals surface area contributed by atoms with E-state index < -0.39 is 64.4 Å². The van der Waals surface area contributed by atoms with E-state index in [1.54, 1.807) is 32.0 Å². The molecule has 0 saturated carbocycles. The zero-order valence-corrected chi connectivity index (χ0v) is 19.2. The fraction of sp³-hybridized carbons (Fsp3) is 0.200. The molecule has 0 spiro atoms. The van der Waals surface area contributed by atoms with E-state index in [1.165, 1.54) is 0 Å². The molecule has 3 N–H and O–H groups in total. The van der Waals surface area contributed by atoms with Crippen LogP contribution in [0.2, 0.25) is 0 Å². The zero-order valence-electron chi connectivity index (χ0n) is 19.2. The van der Waals surface area contributed by atoms with Crippen molar-refractivity contribution in [1.29, 1.82) is 0 Å². The molecule has 1 atom stereocenters. The number of fused-ring (bicyclic) bond motifs is 1. The van der Waals surface area contributed by atoms with E-state index in [4.69, 9.17) is 0 Å². The molecule has 0 saturated heterocycles. The maximum atomic E-state index is 14.4. The summed E-state index contributed by atoms with van der Waals surface area (Å²) in [5.74, 6) is -6.17. The number of rotatable bonds is 5. The van der Waals surface area contributed by atoms with Gasteiger partial charge < -0.3 is 25.0 Å². The van der Waals surface area contributed by atoms with Crippen LogP contribution in [-0.4, -0.2) is 43.5 Å². The summed E-state index contributed by atoms with van der Waals surface area (Å²) >= 11 is 0. The van der Waals surface area contributed by atoms with Crippen LogP contribution in [0.5, 0.6) is 5.75 Å². The third-order valence-electron chi connectivity index (χ3n) is 6.08. The maximum absolute atomic E-state index is 14.4. The highest BCUT2D eigenvalue weighted by Crippen LogP contribution is 2.28. The predicted octanol–water partition coefficient (Wildman–Crippen LogP) is 2.81. The molecule has 4 rings (SSSR count). The number of benzene rings is 2. The molecule has 36 heavy (non-hydrogen) atoms. The Kier molecular flexibility index (Phi) is 6.32. The van der Waals surface area contributed by atoms with Gasteiger partial charge in [0, 0.05) is 30.1 Å². The van der Waals surface area contributed by atoms with Crippen molar-refractivity contribution in [3.8, 4) is 5.75 Å². The van der Waals surface area contributed by atoms with Gasteiger partial charge >= 0.3 is 5.97 Å². The van der Waals surface area contributed by atoms with E-state index in [0.29, 0.717) is 11.8 Å². The lowest BCUT2D eigenvalue weighted by Gasteiger charge is -2.37. The third-order valence-corrected chi connectivity index (χ3v) is 6.08. The highest BCUT2D eigenvalue weighted by atomic mass is 19.1. The first-order valence-corrected chi connectivity index (χ1v) is 10.8. The van der Waals surface area contributed by atoms with E-state index in [1.807, 2.05) is 0 Å². The molecule has 2 heterocycles. The predicted molar refractivity (Wildman–Crippen MR) is 124 cm³/mol. The second-order valence-corrected chi connectivity index (χ2v) is 8.47. The molecular weight excluding hydrogens is 476 g/mol.